The van der Waals surface area contributed by atoms with Crippen molar-refractivity contribution in [2.24, 2.45) is 5.92 Å². The smallest absolute Gasteiger partial charge is 0.252 e. The van der Waals surface area contributed by atoms with Crippen molar-refractivity contribution in [2.75, 3.05) is 33.7 Å². The summed E-state index contributed by atoms with van der Waals surface area (Å²) in [7, 11) is 0.578. The van der Waals surface area contributed by atoms with Gasteiger partial charge in [-0.3, -0.25) is 4.79 Å². The standard InChI is InChI=1S/C21H29N3O3S2/c1-16-6-8-17(9-7-16)19(23(2)3)15-22-21(25)18-10-12-24(13-11-18)29(26,27)20-5-4-14-28-20/h4-9,14,18-19H,10-13,15H2,1-3H3,(H,22,25). The molecule has 1 aliphatic heterocycles. The van der Waals surface area contributed by atoms with Gasteiger partial charge in [-0.25, -0.2) is 8.42 Å². The second kappa shape index (κ2) is 9.38. The highest BCUT2D eigenvalue weighted by Gasteiger charge is 2.32. The van der Waals surface area contributed by atoms with Crippen LogP contribution in [-0.2, 0) is 14.8 Å². The van der Waals surface area contributed by atoms with Crippen LogP contribution in [0.3, 0.4) is 0 Å². The number of nitrogens with one attached hydrogen (secondary N) is 1. The minimum Gasteiger partial charge on any atom is -0.354 e. The van der Waals surface area contributed by atoms with Crippen molar-refractivity contribution >= 4 is 27.3 Å². The number of benzene rings is 1. The first-order valence-corrected chi connectivity index (χ1v) is 12.2. The molecule has 0 bridgehead atoms. The number of thiophene rings is 1. The highest BCUT2D eigenvalue weighted by Crippen LogP contribution is 2.26. The molecular weight excluding hydrogens is 406 g/mol. The molecule has 0 saturated carbocycles. The summed E-state index contributed by atoms with van der Waals surface area (Å²) in [6.07, 6.45) is 1.10. The molecule has 1 amide bonds. The summed E-state index contributed by atoms with van der Waals surface area (Å²) in [4.78, 5) is 14.8. The van der Waals surface area contributed by atoms with Crippen molar-refractivity contribution in [3.8, 4) is 0 Å². The summed E-state index contributed by atoms with van der Waals surface area (Å²) in [5.41, 5.74) is 2.37. The van der Waals surface area contributed by atoms with Crippen LogP contribution in [0.1, 0.15) is 30.0 Å². The second-order valence-electron chi connectivity index (χ2n) is 7.75. The molecule has 2 aromatic rings. The molecule has 158 valence electrons. The van der Waals surface area contributed by atoms with E-state index >= 15 is 0 Å². The molecule has 8 heteroatoms. The molecule has 0 spiro atoms. The molecule has 0 radical (unpaired) electrons. The predicted molar refractivity (Wildman–Crippen MR) is 116 cm³/mol. The first kappa shape index (κ1) is 22.0. The van der Waals surface area contributed by atoms with E-state index in [1.807, 2.05) is 14.1 Å². The SMILES string of the molecule is Cc1ccc(C(CNC(=O)C2CCN(S(=O)(=O)c3cccs3)CC2)N(C)C)cc1. The van der Waals surface area contributed by atoms with Crippen LogP contribution in [0.5, 0.6) is 0 Å². The minimum atomic E-state index is -3.43. The normalized spacial score (nSPS) is 17.4. The number of hydrogen-bond acceptors (Lipinski definition) is 5. The molecule has 1 atom stereocenters. The van der Waals surface area contributed by atoms with Crippen molar-refractivity contribution in [3.05, 3.63) is 52.9 Å². The van der Waals surface area contributed by atoms with Crippen LogP contribution in [0.25, 0.3) is 0 Å². The van der Waals surface area contributed by atoms with Gasteiger partial charge in [-0.05, 0) is 50.9 Å². The lowest BCUT2D eigenvalue weighted by Crippen LogP contribution is -2.44. The van der Waals surface area contributed by atoms with Crippen LogP contribution in [-0.4, -0.2) is 57.3 Å². The summed E-state index contributed by atoms with van der Waals surface area (Å²) in [6.45, 7) is 3.35. The van der Waals surface area contributed by atoms with Gasteiger partial charge in [-0.15, -0.1) is 11.3 Å². The van der Waals surface area contributed by atoms with E-state index in [1.165, 1.54) is 21.2 Å². The number of carbonyl (C=O) groups is 1. The van der Waals surface area contributed by atoms with Gasteiger partial charge in [-0.1, -0.05) is 35.9 Å². The van der Waals surface area contributed by atoms with Gasteiger partial charge in [0.05, 0.1) is 6.04 Å². The van der Waals surface area contributed by atoms with Crippen LogP contribution in [0.4, 0.5) is 0 Å². The number of carbonyl (C=O) groups excluding carboxylic acids is 1. The molecule has 2 heterocycles. The van der Waals surface area contributed by atoms with Crippen molar-refractivity contribution in [3.63, 3.8) is 0 Å². The van der Waals surface area contributed by atoms with E-state index in [0.717, 1.165) is 5.56 Å². The Morgan fingerprint density at radius 3 is 2.41 bits per heavy atom. The molecule has 1 fully saturated rings. The van der Waals surface area contributed by atoms with Gasteiger partial charge < -0.3 is 10.2 Å². The Morgan fingerprint density at radius 1 is 1.21 bits per heavy atom. The lowest BCUT2D eigenvalue weighted by atomic mass is 9.97. The summed E-state index contributed by atoms with van der Waals surface area (Å²) in [6, 6.07) is 11.8. The highest BCUT2D eigenvalue weighted by molar-refractivity contribution is 7.91. The van der Waals surface area contributed by atoms with E-state index in [2.05, 4.69) is 41.4 Å². The van der Waals surface area contributed by atoms with Crippen LogP contribution < -0.4 is 5.32 Å². The summed E-state index contributed by atoms with van der Waals surface area (Å²) >= 11 is 1.23. The molecule has 1 N–H and O–H groups in total. The zero-order chi connectivity index (χ0) is 21.0. The maximum absolute atomic E-state index is 12.7. The van der Waals surface area contributed by atoms with E-state index in [0.29, 0.717) is 36.7 Å². The Balaban J connectivity index is 1.54. The molecule has 1 unspecified atom stereocenters. The van der Waals surface area contributed by atoms with Gasteiger partial charge >= 0.3 is 0 Å². The fourth-order valence-electron chi connectivity index (χ4n) is 3.62. The van der Waals surface area contributed by atoms with Crippen LogP contribution in [0, 0.1) is 12.8 Å². The monoisotopic (exact) mass is 435 g/mol. The van der Waals surface area contributed by atoms with E-state index in [9.17, 15) is 13.2 Å². The Hall–Kier alpha value is -1.74. The first-order chi connectivity index (χ1) is 13.8. The Kier molecular flexibility index (Phi) is 7.10. The number of likely N-dealkylation sites (N-methyl/N-ethyl adjacent to an activating group) is 1. The van der Waals surface area contributed by atoms with E-state index in [4.69, 9.17) is 0 Å². The van der Waals surface area contributed by atoms with Crippen molar-refractivity contribution in [2.45, 2.75) is 30.0 Å². The van der Waals surface area contributed by atoms with Gasteiger partial charge in [0, 0.05) is 25.6 Å². The van der Waals surface area contributed by atoms with E-state index in [1.54, 1.807) is 17.5 Å². The van der Waals surface area contributed by atoms with Crippen LogP contribution >= 0.6 is 11.3 Å². The Morgan fingerprint density at radius 2 is 1.86 bits per heavy atom. The molecule has 29 heavy (non-hydrogen) atoms. The minimum absolute atomic E-state index is 0.0112. The zero-order valence-corrected chi connectivity index (χ0v) is 18.8. The van der Waals surface area contributed by atoms with E-state index < -0.39 is 10.0 Å². The van der Waals surface area contributed by atoms with Gasteiger partial charge in [-0.2, -0.15) is 4.31 Å². The number of rotatable bonds is 7. The van der Waals surface area contributed by atoms with Gasteiger partial charge in [0.25, 0.3) is 10.0 Å². The molecule has 0 aliphatic carbocycles. The molecule has 1 aliphatic rings. The molecule has 1 aromatic heterocycles. The first-order valence-electron chi connectivity index (χ1n) is 9.83. The summed E-state index contributed by atoms with van der Waals surface area (Å²) in [5, 5.41) is 4.85. The van der Waals surface area contributed by atoms with Crippen LogP contribution in [0.15, 0.2) is 46.0 Å². The molecule has 1 aromatic carbocycles. The van der Waals surface area contributed by atoms with Gasteiger partial charge in [0.15, 0.2) is 0 Å². The highest BCUT2D eigenvalue weighted by atomic mass is 32.2. The fourth-order valence-corrected chi connectivity index (χ4v) is 6.24. The largest absolute Gasteiger partial charge is 0.354 e. The maximum Gasteiger partial charge on any atom is 0.252 e. The average Bonchev–Trinajstić information content (AvgIpc) is 3.25. The number of nitrogens with zero attached hydrogens (tertiary/aromatic N) is 2. The lowest BCUT2D eigenvalue weighted by molar-refractivity contribution is -0.126. The third-order valence-corrected chi connectivity index (χ3v) is 8.74. The van der Waals surface area contributed by atoms with Crippen molar-refractivity contribution in [1.29, 1.82) is 0 Å². The Bertz CT molecular complexity index is 901. The maximum atomic E-state index is 12.7. The van der Waals surface area contributed by atoms with Gasteiger partial charge in [0.1, 0.15) is 4.21 Å². The predicted octanol–water partition coefficient (Wildman–Crippen LogP) is 2.88. The topological polar surface area (TPSA) is 69.7 Å². The molecule has 1 saturated heterocycles. The number of sulfonamides is 1. The summed E-state index contributed by atoms with van der Waals surface area (Å²) in [5.74, 6) is -0.136. The fraction of sp³-hybridized carbons (Fsp3) is 0.476. The summed E-state index contributed by atoms with van der Waals surface area (Å²) < 4.78 is 27.1. The third kappa shape index (κ3) is 5.25. The average molecular weight is 436 g/mol. The number of aryl methyl sites for hydroxylation is 1. The zero-order valence-electron chi connectivity index (χ0n) is 17.2. The number of amides is 1. The number of hydrogen-bond donors (Lipinski definition) is 1. The van der Waals surface area contributed by atoms with Crippen molar-refractivity contribution < 1.29 is 13.2 Å². The number of piperidine rings is 1. The molecule has 6 nitrogen and oxygen atoms in total. The second-order valence-corrected chi connectivity index (χ2v) is 10.9. The third-order valence-electron chi connectivity index (χ3n) is 5.47. The Labute approximate surface area is 177 Å². The lowest BCUT2D eigenvalue weighted by Gasteiger charge is -2.31. The van der Waals surface area contributed by atoms with Gasteiger partial charge in [0.2, 0.25) is 5.91 Å². The van der Waals surface area contributed by atoms with Crippen molar-refractivity contribution in [1.82, 2.24) is 14.5 Å². The quantitative estimate of drug-likeness (QED) is 0.726. The van der Waals surface area contributed by atoms with Crippen LogP contribution in [0.2, 0.25) is 0 Å². The molecular formula is C21H29N3O3S2. The van der Waals surface area contributed by atoms with E-state index in [-0.39, 0.29) is 17.9 Å². The molecule has 3 rings (SSSR count).